The monoisotopic (exact) mass is 372 g/mol. The third-order valence-corrected chi connectivity index (χ3v) is 3.05. The van der Waals surface area contributed by atoms with E-state index in [-0.39, 0.29) is 23.8 Å². The molecule has 2 aliphatic heterocycles. The highest BCUT2D eigenvalue weighted by Crippen LogP contribution is 1.92. The van der Waals surface area contributed by atoms with Gasteiger partial charge in [0.25, 0.3) is 0 Å². The van der Waals surface area contributed by atoms with Crippen molar-refractivity contribution in [3.05, 3.63) is 0 Å². The number of aliphatic imine (C=N–C) groups is 2. The molecule has 2 aliphatic rings. The van der Waals surface area contributed by atoms with Crippen molar-refractivity contribution in [2.75, 3.05) is 52.6 Å². The van der Waals surface area contributed by atoms with Gasteiger partial charge in [0.2, 0.25) is 23.8 Å². The Labute approximate surface area is 151 Å². The molecular weight excluding hydrogens is 344 g/mol. The Morgan fingerprint density at radius 2 is 1.00 bits per heavy atom. The molecule has 148 valence electrons. The fourth-order valence-corrected chi connectivity index (χ4v) is 1.98. The highest BCUT2D eigenvalue weighted by atomic mass is 16.5. The van der Waals surface area contributed by atoms with Crippen molar-refractivity contribution >= 4 is 23.8 Å². The summed E-state index contributed by atoms with van der Waals surface area (Å²) in [4.78, 5) is 7.07. The first kappa shape index (κ1) is 21.4. The summed E-state index contributed by atoms with van der Waals surface area (Å²) in [5.41, 5.74) is 26.6. The number of hydrogen-bond acceptors (Lipinski definition) is 6. The molecule has 14 nitrogen and oxygen atoms in total. The lowest BCUT2D eigenvalue weighted by Gasteiger charge is -2.27. The normalized spacial score (nSPS) is 19.8. The van der Waals surface area contributed by atoms with E-state index in [9.17, 15) is 0 Å². The summed E-state index contributed by atoms with van der Waals surface area (Å²) in [6.45, 7) is 5.64. The average molecular weight is 372 g/mol. The first-order valence-electron chi connectivity index (χ1n) is 7.92. The second-order valence-corrected chi connectivity index (χ2v) is 5.19. The Hall–Kier alpha value is -2.68. The summed E-state index contributed by atoms with van der Waals surface area (Å²) >= 11 is 0. The first-order valence-corrected chi connectivity index (χ1v) is 7.92. The molecule has 0 aromatic rings. The Kier molecular flexibility index (Phi) is 9.70. The van der Waals surface area contributed by atoms with E-state index in [0.717, 1.165) is 26.2 Å². The first-order chi connectivity index (χ1) is 12.4. The van der Waals surface area contributed by atoms with Crippen LogP contribution in [0.2, 0.25) is 0 Å². The molecule has 0 unspecified atom stereocenters. The minimum absolute atomic E-state index is 0.134. The molecule has 2 rings (SSSR count). The van der Waals surface area contributed by atoms with Gasteiger partial charge in [-0.15, -0.1) is 0 Å². The molecule has 0 aromatic heterocycles. The average Bonchev–Trinajstić information content (AvgIpc) is 2.55. The molecule has 2 heterocycles. The summed E-state index contributed by atoms with van der Waals surface area (Å²) in [5.74, 6) is -0.347. The number of guanidine groups is 4. The minimum atomic E-state index is -0.307. The number of rotatable bonds is 2. The summed E-state index contributed by atoms with van der Waals surface area (Å²) in [5, 5.41) is 17.5. The summed E-state index contributed by atoms with van der Waals surface area (Å²) in [6.07, 6.45) is 0. The molecule has 12 N–H and O–H groups in total. The van der Waals surface area contributed by atoms with Gasteiger partial charge in [-0.1, -0.05) is 0 Å². The summed E-state index contributed by atoms with van der Waals surface area (Å²) in [6, 6.07) is 0. The molecule has 2 saturated heterocycles. The molecule has 0 aliphatic carbocycles. The topological polar surface area (TPSA) is 226 Å². The van der Waals surface area contributed by atoms with Crippen LogP contribution in [0.1, 0.15) is 0 Å². The van der Waals surface area contributed by atoms with Gasteiger partial charge in [-0.2, -0.15) is 9.98 Å². The number of hydrogen-bond donors (Lipinski definition) is 8. The lowest BCUT2D eigenvalue weighted by Crippen LogP contribution is -2.51. The number of hydrazine groups is 2. The van der Waals surface area contributed by atoms with Crippen LogP contribution in [0.5, 0.6) is 0 Å². The van der Waals surface area contributed by atoms with Crippen LogP contribution in [0, 0.1) is 10.8 Å². The summed E-state index contributed by atoms with van der Waals surface area (Å²) in [7, 11) is 0. The number of ether oxygens (including phenoxy) is 2. The predicted octanol–water partition coefficient (Wildman–Crippen LogP) is -3.94. The highest BCUT2D eigenvalue weighted by molar-refractivity contribution is 5.91. The van der Waals surface area contributed by atoms with Crippen LogP contribution in [-0.2, 0) is 9.47 Å². The third-order valence-electron chi connectivity index (χ3n) is 3.05. The number of nitrogens with two attached hydrogens (primary N) is 4. The molecule has 26 heavy (non-hydrogen) atoms. The summed E-state index contributed by atoms with van der Waals surface area (Å²) < 4.78 is 10.3. The smallest absolute Gasteiger partial charge is 0.215 e. The Balaban J connectivity index is 0.000000260. The Bertz CT molecular complexity index is 464. The zero-order valence-electron chi connectivity index (χ0n) is 14.6. The zero-order chi connectivity index (χ0) is 19.4. The van der Waals surface area contributed by atoms with Crippen LogP contribution >= 0.6 is 0 Å². The number of nitrogens with zero attached hydrogens (tertiary/aromatic N) is 4. The van der Waals surface area contributed by atoms with Crippen LogP contribution in [0.3, 0.4) is 0 Å². The molecule has 0 saturated carbocycles. The van der Waals surface area contributed by atoms with Gasteiger partial charge < -0.3 is 32.4 Å². The molecular formula is C12H28N12O2. The van der Waals surface area contributed by atoms with E-state index in [2.05, 4.69) is 20.8 Å². The lowest BCUT2D eigenvalue weighted by atomic mass is 10.5. The van der Waals surface area contributed by atoms with E-state index < -0.39 is 0 Å². The second-order valence-electron chi connectivity index (χ2n) is 5.19. The van der Waals surface area contributed by atoms with Gasteiger partial charge in [-0.3, -0.25) is 21.7 Å². The second kappa shape index (κ2) is 11.8. The maximum absolute atomic E-state index is 6.87. The van der Waals surface area contributed by atoms with Gasteiger partial charge in [0.1, 0.15) is 0 Å². The number of nitrogens with one attached hydrogen (secondary N) is 4. The van der Waals surface area contributed by atoms with Gasteiger partial charge in [-0.05, 0) is 0 Å². The van der Waals surface area contributed by atoms with Crippen LogP contribution in [-0.4, -0.2) is 86.5 Å². The van der Waals surface area contributed by atoms with Gasteiger partial charge in [0.15, 0.2) is 0 Å². The largest absolute Gasteiger partial charge is 0.379 e. The minimum Gasteiger partial charge on any atom is -0.379 e. The van der Waals surface area contributed by atoms with Crippen LogP contribution in [0.4, 0.5) is 0 Å². The Morgan fingerprint density at radius 3 is 1.27 bits per heavy atom. The van der Waals surface area contributed by atoms with Gasteiger partial charge >= 0.3 is 0 Å². The van der Waals surface area contributed by atoms with Crippen molar-refractivity contribution in [1.82, 2.24) is 20.9 Å². The molecule has 0 bridgehead atoms. The van der Waals surface area contributed by atoms with E-state index in [1.807, 2.05) is 10.0 Å². The van der Waals surface area contributed by atoms with E-state index in [1.54, 1.807) is 0 Å². The molecule has 2 fully saturated rings. The molecule has 0 amide bonds. The highest BCUT2D eigenvalue weighted by Gasteiger charge is 2.10. The van der Waals surface area contributed by atoms with Gasteiger partial charge in [-0.25, -0.2) is 10.0 Å². The van der Waals surface area contributed by atoms with Crippen LogP contribution < -0.4 is 33.8 Å². The van der Waals surface area contributed by atoms with E-state index in [4.69, 9.17) is 43.2 Å². The fourth-order valence-electron chi connectivity index (χ4n) is 1.98. The van der Waals surface area contributed by atoms with Crippen molar-refractivity contribution in [3.63, 3.8) is 0 Å². The molecule has 0 aromatic carbocycles. The maximum atomic E-state index is 6.87. The van der Waals surface area contributed by atoms with Crippen molar-refractivity contribution in [1.29, 1.82) is 10.8 Å². The molecule has 0 radical (unpaired) electrons. The molecule has 0 spiro atoms. The van der Waals surface area contributed by atoms with Crippen LogP contribution in [0.15, 0.2) is 9.98 Å². The van der Waals surface area contributed by atoms with Crippen molar-refractivity contribution < 1.29 is 9.47 Å². The third kappa shape index (κ3) is 10.2. The fraction of sp³-hybridized carbons (Fsp3) is 0.667. The Morgan fingerprint density at radius 1 is 0.692 bits per heavy atom. The quantitative estimate of drug-likeness (QED) is 0.173. The van der Waals surface area contributed by atoms with E-state index >= 15 is 0 Å². The van der Waals surface area contributed by atoms with Crippen molar-refractivity contribution in [3.8, 4) is 0 Å². The van der Waals surface area contributed by atoms with E-state index in [0.29, 0.717) is 26.4 Å². The lowest BCUT2D eigenvalue weighted by molar-refractivity contribution is 0.0245. The SMILES string of the molecule is N=C(N)/N=C(\N)NN1CCOCC1.N=C(N)/N=C(\N)NN1CCOCC1. The molecule has 0 atom stereocenters. The standard InChI is InChI=1S/2C6H14N6O/c2*7-5(8)10-6(9)11-12-1-3-13-4-2-12/h2*1-4H2,(H6,7,8,9,10,11). The van der Waals surface area contributed by atoms with Crippen molar-refractivity contribution in [2.45, 2.75) is 0 Å². The van der Waals surface area contributed by atoms with Gasteiger partial charge in [0, 0.05) is 26.2 Å². The maximum Gasteiger partial charge on any atom is 0.215 e. The van der Waals surface area contributed by atoms with E-state index in [1.165, 1.54) is 0 Å². The van der Waals surface area contributed by atoms with Crippen molar-refractivity contribution in [2.24, 2.45) is 32.9 Å². The van der Waals surface area contributed by atoms with Crippen LogP contribution in [0.25, 0.3) is 0 Å². The number of morpholine rings is 2. The zero-order valence-corrected chi connectivity index (χ0v) is 14.6. The van der Waals surface area contributed by atoms with Gasteiger partial charge in [0.05, 0.1) is 26.4 Å². The molecule has 14 heteroatoms. The predicted molar refractivity (Wildman–Crippen MR) is 98.1 cm³/mol.